The molecule has 0 fully saturated rings. The topological polar surface area (TPSA) is 54.0 Å². The summed E-state index contributed by atoms with van der Waals surface area (Å²) in [5, 5.41) is 5.06. The molecule has 12 heteroatoms. The van der Waals surface area contributed by atoms with Crippen molar-refractivity contribution in [3.8, 4) is 0 Å². The number of amides is 2. The van der Waals surface area contributed by atoms with Gasteiger partial charge in [-0.3, -0.25) is 4.98 Å². The monoisotopic (exact) mass is 583 g/mol. The molecule has 0 unspecified atom stereocenters. The minimum Gasteiger partial charge on any atom is -0.322 e. The second kappa shape index (κ2) is 11.2. The van der Waals surface area contributed by atoms with Crippen LogP contribution in [-0.4, -0.2) is 11.0 Å². The third-order valence-corrected chi connectivity index (χ3v) is 6.34. The van der Waals surface area contributed by atoms with E-state index < -0.39 is 47.2 Å². The lowest BCUT2D eigenvalue weighted by molar-refractivity contribution is -0.137. The van der Waals surface area contributed by atoms with Crippen molar-refractivity contribution in [3.05, 3.63) is 129 Å². The largest absolute Gasteiger partial charge is 0.416 e. The highest BCUT2D eigenvalue weighted by molar-refractivity contribution is 6.31. The first-order valence-corrected chi connectivity index (χ1v) is 11.9. The minimum atomic E-state index is -4.94. The Hall–Kier alpha value is -3.76. The first-order chi connectivity index (χ1) is 18.4. The number of hydrogen-bond donors (Lipinski definition) is 2. The smallest absolute Gasteiger partial charge is 0.322 e. The zero-order valence-electron chi connectivity index (χ0n) is 19.6. The maximum absolute atomic E-state index is 14.7. The Bertz CT molecular complexity index is 1510. The number of pyridine rings is 1. The van der Waals surface area contributed by atoms with Crippen LogP contribution in [0.1, 0.15) is 22.4 Å². The van der Waals surface area contributed by atoms with E-state index in [2.05, 4.69) is 15.6 Å². The summed E-state index contributed by atoms with van der Waals surface area (Å²) in [7, 11) is 0. The Morgan fingerprint density at radius 2 is 1.54 bits per heavy atom. The summed E-state index contributed by atoms with van der Waals surface area (Å²) in [4.78, 5) is 17.5. The quantitative estimate of drug-likeness (QED) is 0.225. The highest BCUT2D eigenvalue weighted by Crippen LogP contribution is 2.39. The molecule has 0 bridgehead atoms. The van der Waals surface area contributed by atoms with E-state index in [4.69, 9.17) is 23.2 Å². The zero-order chi connectivity index (χ0) is 28.4. The molecule has 2 amide bonds. The summed E-state index contributed by atoms with van der Waals surface area (Å²) in [6.07, 6.45) is -4.14. The van der Waals surface area contributed by atoms with Crippen molar-refractivity contribution >= 4 is 34.9 Å². The molecule has 0 spiro atoms. The third-order valence-electron chi connectivity index (χ3n) is 5.76. The number of nitrogens with one attached hydrogen (secondary N) is 2. The van der Waals surface area contributed by atoms with Gasteiger partial charge in [-0.05, 0) is 71.8 Å². The fourth-order valence-corrected chi connectivity index (χ4v) is 4.37. The third kappa shape index (κ3) is 6.63. The van der Waals surface area contributed by atoms with Gasteiger partial charge in [0.25, 0.3) is 0 Å². The van der Waals surface area contributed by atoms with E-state index in [-0.39, 0.29) is 32.6 Å². The van der Waals surface area contributed by atoms with Gasteiger partial charge in [0.15, 0.2) is 0 Å². The van der Waals surface area contributed by atoms with Gasteiger partial charge in [-0.2, -0.15) is 13.2 Å². The van der Waals surface area contributed by atoms with Crippen molar-refractivity contribution in [2.75, 3.05) is 5.32 Å². The van der Waals surface area contributed by atoms with Gasteiger partial charge in [0.1, 0.15) is 23.0 Å². The van der Waals surface area contributed by atoms with E-state index >= 15 is 0 Å². The maximum Gasteiger partial charge on any atom is 0.416 e. The van der Waals surface area contributed by atoms with Crippen LogP contribution in [0.15, 0.2) is 79.0 Å². The first kappa shape index (κ1) is 28.3. The molecule has 3 aromatic carbocycles. The van der Waals surface area contributed by atoms with Crippen LogP contribution in [0.2, 0.25) is 10.0 Å². The van der Waals surface area contributed by atoms with Crippen LogP contribution in [0.3, 0.4) is 0 Å². The average Bonchev–Trinajstić information content (AvgIpc) is 2.84. The van der Waals surface area contributed by atoms with Crippen molar-refractivity contribution in [1.29, 1.82) is 0 Å². The molecule has 4 aromatic rings. The van der Waals surface area contributed by atoms with Gasteiger partial charge in [-0.15, -0.1) is 0 Å². The summed E-state index contributed by atoms with van der Waals surface area (Å²) in [5.41, 5.74) is -3.50. The molecule has 4 nitrogen and oxygen atoms in total. The number of rotatable bonds is 6. The number of hydrogen-bond acceptors (Lipinski definition) is 2. The molecule has 0 saturated carbocycles. The predicted octanol–water partition coefficient (Wildman–Crippen LogP) is 8.13. The highest BCUT2D eigenvalue weighted by Gasteiger charge is 2.41. The number of urea groups is 1. The number of carbonyl (C=O) groups is 1. The van der Waals surface area contributed by atoms with Crippen molar-refractivity contribution in [2.24, 2.45) is 0 Å². The number of nitrogens with zero attached hydrogens (tertiary/aromatic N) is 1. The van der Waals surface area contributed by atoms with E-state index in [1.807, 2.05) is 0 Å². The second-order valence-electron chi connectivity index (χ2n) is 8.50. The van der Waals surface area contributed by atoms with Crippen LogP contribution < -0.4 is 10.6 Å². The number of carbonyl (C=O) groups excluding carboxylic acids is 1. The van der Waals surface area contributed by atoms with Crippen LogP contribution >= 0.6 is 23.2 Å². The molecule has 0 aliphatic carbocycles. The van der Waals surface area contributed by atoms with E-state index in [0.717, 1.165) is 30.3 Å². The fourth-order valence-electron chi connectivity index (χ4n) is 4.02. The van der Waals surface area contributed by atoms with Crippen LogP contribution in [0, 0.1) is 17.5 Å². The molecule has 0 radical (unpaired) electrons. The maximum atomic E-state index is 14.7. The molecule has 1 atom stereocenters. The molecule has 202 valence electrons. The number of halogens is 8. The first-order valence-electron chi connectivity index (χ1n) is 11.1. The van der Waals surface area contributed by atoms with Gasteiger partial charge < -0.3 is 10.6 Å². The van der Waals surface area contributed by atoms with Crippen LogP contribution in [-0.2, 0) is 18.1 Å². The minimum absolute atomic E-state index is 0.0282. The average molecular weight is 584 g/mol. The number of anilines is 1. The lowest BCUT2D eigenvalue weighted by atomic mass is 9.79. The van der Waals surface area contributed by atoms with E-state index in [9.17, 15) is 31.1 Å². The second-order valence-corrected chi connectivity index (χ2v) is 9.34. The Labute approximate surface area is 228 Å². The normalized spacial score (nSPS) is 13.0. The summed E-state index contributed by atoms with van der Waals surface area (Å²) in [5.74, 6) is -2.58. The van der Waals surface area contributed by atoms with E-state index in [1.54, 1.807) is 0 Å². The molecule has 2 N–H and O–H groups in total. The van der Waals surface area contributed by atoms with Gasteiger partial charge in [0.2, 0.25) is 0 Å². The molecule has 39 heavy (non-hydrogen) atoms. The molecule has 1 heterocycles. The number of benzene rings is 3. The van der Waals surface area contributed by atoms with Crippen LogP contribution in [0.5, 0.6) is 0 Å². The molecular weight excluding hydrogens is 567 g/mol. The van der Waals surface area contributed by atoms with Crippen LogP contribution in [0.4, 0.5) is 36.8 Å². The summed E-state index contributed by atoms with van der Waals surface area (Å²) >= 11 is 12.2. The van der Waals surface area contributed by atoms with E-state index in [0.29, 0.717) is 12.1 Å². The Kier molecular flexibility index (Phi) is 8.08. The summed E-state index contributed by atoms with van der Waals surface area (Å²) < 4.78 is 83.3. The fraction of sp³-hybridized carbons (Fsp3) is 0.111. The highest BCUT2D eigenvalue weighted by atomic mass is 35.5. The summed E-state index contributed by atoms with van der Waals surface area (Å²) in [6, 6.07) is 11.7. The van der Waals surface area contributed by atoms with Gasteiger partial charge in [0, 0.05) is 23.3 Å². The molecule has 0 aliphatic rings. The Morgan fingerprint density at radius 1 is 0.821 bits per heavy atom. The van der Waals surface area contributed by atoms with Crippen LogP contribution in [0.25, 0.3) is 0 Å². The molecule has 1 aromatic heterocycles. The Morgan fingerprint density at radius 3 is 2.18 bits per heavy atom. The number of aromatic nitrogens is 1. The molecule has 0 saturated heterocycles. The van der Waals surface area contributed by atoms with Crippen molar-refractivity contribution in [1.82, 2.24) is 10.3 Å². The van der Waals surface area contributed by atoms with Gasteiger partial charge in [-0.25, -0.2) is 18.0 Å². The molecular formula is C27H17Cl2F6N3O. The molecule has 4 rings (SSSR count). The van der Waals surface area contributed by atoms with Gasteiger partial charge in [0.05, 0.1) is 16.3 Å². The number of alkyl halides is 3. The summed E-state index contributed by atoms with van der Waals surface area (Å²) in [6.45, 7) is 0. The van der Waals surface area contributed by atoms with Crippen molar-refractivity contribution < 1.29 is 31.1 Å². The van der Waals surface area contributed by atoms with Crippen molar-refractivity contribution in [2.45, 2.75) is 18.1 Å². The predicted molar refractivity (Wildman–Crippen MR) is 135 cm³/mol. The van der Waals surface area contributed by atoms with Gasteiger partial charge >= 0.3 is 12.2 Å². The standard InChI is InChI=1S/C27H17Cl2F6N3O/c28-18-5-7-24(36-14-18)26(13-15-4-6-20(31)12-23(15)29,16-8-17(27(33,34)35)10-21(32)9-16)38-25(39)37-22-3-1-2-19(30)11-22/h1-12,14H,13H2,(H2,37,38,39)/t26-/m0/s1. The van der Waals surface area contributed by atoms with Gasteiger partial charge in [-0.1, -0.05) is 35.3 Å². The zero-order valence-corrected chi connectivity index (χ0v) is 21.1. The lowest BCUT2D eigenvalue weighted by Crippen LogP contribution is -2.51. The SMILES string of the molecule is O=C(Nc1cccc(F)c1)N[C@@](Cc1ccc(F)cc1Cl)(c1cc(F)cc(C(F)(F)F)c1)c1ccc(Cl)cn1. The lowest BCUT2D eigenvalue weighted by Gasteiger charge is -2.36. The molecule has 0 aliphatic heterocycles. The van der Waals surface area contributed by atoms with E-state index in [1.165, 1.54) is 36.5 Å². The van der Waals surface area contributed by atoms with Crippen molar-refractivity contribution in [3.63, 3.8) is 0 Å². The Balaban J connectivity index is 1.94.